The number of nitrogens with zero attached hydrogens (tertiary/aromatic N) is 1. The fraction of sp³-hybridized carbons (Fsp3) is 0.333. The number of benzene rings is 3. The van der Waals surface area contributed by atoms with Crippen LogP contribution in [-0.2, 0) is 29.7 Å². The average Bonchev–Trinajstić information content (AvgIpc) is 3.23. The molecule has 176 valence electrons. The van der Waals surface area contributed by atoms with Crippen molar-refractivity contribution >= 4 is 11.9 Å². The molecule has 0 aromatic heterocycles. The van der Waals surface area contributed by atoms with Gasteiger partial charge in [0.15, 0.2) is 0 Å². The molecule has 0 bridgehead atoms. The molecule has 1 heterocycles. The Labute approximate surface area is 202 Å². The third-order valence-electron chi connectivity index (χ3n) is 7.02. The van der Waals surface area contributed by atoms with Gasteiger partial charge in [-0.2, -0.15) is 0 Å². The number of carbonyl (C=O) groups excluding carboxylic acids is 1. The summed E-state index contributed by atoms with van der Waals surface area (Å²) in [5, 5.41) is 9.68. The van der Waals surface area contributed by atoms with Crippen LogP contribution in [0, 0.1) is 20.8 Å². The summed E-state index contributed by atoms with van der Waals surface area (Å²) in [4.78, 5) is 27.4. The van der Waals surface area contributed by atoms with Gasteiger partial charge < -0.3 is 10.0 Å². The third-order valence-corrected chi connectivity index (χ3v) is 7.02. The molecule has 1 aliphatic heterocycles. The lowest BCUT2D eigenvalue weighted by atomic mass is 9.83. The van der Waals surface area contributed by atoms with E-state index in [1.54, 1.807) is 0 Å². The second-order valence-corrected chi connectivity index (χ2v) is 10.5. The number of hydrogen-bond donors (Lipinski definition) is 1. The molecule has 1 N–H and O–H groups in total. The maximum absolute atomic E-state index is 13.7. The van der Waals surface area contributed by atoms with Crippen LogP contribution in [0.4, 0.5) is 0 Å². The average molecular weight is 456 g/mol. The Kier molecular flexibility index (Phi) is 6.11. The highest BCUT2D eigenvalue weighted by atomic mass is 16.4. The van der Waals surface area contributed by atoms with Gasteiger partial charge >= 0.3 is 5.97 Å². The van der Waals surface area contributed by atoms with E-state index in [-0.39, 0.29) is 17.7 Å². The molecular weight excluding hydrogens is 422 g/mol. The Bertz CT molecular complexity index is 1280. The van der Waals surface area contributed by atoms with E-state index in [1.165, 1.54) is 0 Å². The first kappa shape index (κ1) is 23.7. The SMILES string of the molecule is Cc1ccc(-c2c(C)c3c(c(C)c2CC(=O)O)CN(C(=O)c2ccccc2C(C)(C)C)C3)cc1. The molecule has 0 unspecified atom stereocenters. The molecule has 3 aromatic rings. The summed E-state index contributed by atoms with van der Waals surface area (Å²) in [5.41, 5.74) is 9.94. The molecule has 1 amide bonds. The minimum absolute atomic E-state index is 0.0252. The Balaban J connectivity index is 1.81. The molecule has 0 spiro atoms. The topological polar surface area (TPSA) is 57.6 Å². The predicted octanol–water partition coefficient (Wildman–Crippen LogP) is 6.36. The van der Waals surface area contributed by atoms with Gasteiger partial charge in [0.05, 0.1) is 6.42 Å². The Morgan fingerprint density at radius 1 is 0.882 bits per heavy atom. The summed E-state index contributed by atoms with van der Waals surface area (Å²) in [6, 6.07) is 16.1. The van der Waals surface area contributed by atoms with E-state index < -0.39 is 5.97 Å². The van der Waals surface area contributed by atoms with Gasteiger partial charge in [0, 0.05) is 18.7 Å². The molecule has 0 fully saturated rings. The van der Waals surface area contributed by atoms with Crippen molar-refractivity contribution in [3.05, 3.63) is 93.0 Å². The maximum atomic E-state index is 13.7. The molecule has 3 aromatic carbocycles. The van der Waals surface area contributed by atoms with Crippen LogP contribution in [0.25, 0.3) is 11.1 Å². The van der Waals surface area contributed by atoms with Crippen LogP contribution in [0.3, 0.4) is 0 Å². The van der Waals surface area contributed by atoms with Crippen LogP contribution < -0.4 is 0 Å². The van der Waals surface area contributed by atoms with E-state index in [0.29, 0.717) is 13.1 Å². The van der Waals surface area contributed by atoms with Crippen molar-refractivity contribution in [1.29, 1.82) is 0 Å². The van der Waals surface area contributed by atoms with Gasteiger partial charge in [-0.25, -0.2) is 0 Å². The van der Waals surface area contributed by atoms with E-state index >= 15 is 0 Å². The number of fused-ring (bicyclic) bond motifs is 1. The first-order valence-corrected chi connectivity index (χ1v) is 11.8. The molecule has 0 atom stereocenters. The van der Waals surface area contributed by atoms with Crippen LogP contribution in [0.5, 0.6) is 0 Å². The van der Waals surface area contributed by atoms with Crippen molar-refractivity contribution in [3.8, 4) is 11.1 Å². The highest BCUT2D eigenvalue weighted by Crippen LogP contribution is 2.40. The van der Waals surface area contributed by atoms with E-state index in [1.807, 2.05) is 43.0 Å². The minimum atomic E-state index is -0.846. The fourth-order valence-corrected chi connectivity index (χ4v) is 5.19. The van der Waals surface area contributed by atoms with Gasteiger partial charge in [-0.15, -0.1) is 0 Å². The standard InChI is InChI=1S/C30H33NO3/c1-18-11-13-21(14-12-18)28-20(3)25-17-31(16-24(25)19(2)23(28)15-27(32)33)29(34)22-9-7-8-10-26(22)30(4,5)6/h7-14H,15-17H2,1-6H3,(H,32,33). The molecule has 4 nitrogen and oxygen atoms in total. The largest absolute Gasteiger partial charge is 0.481 e. The van der Waals surface area contributed by atoms with E-state index in [0.717, 1.165) is 55.6 Å². The molecule has 0 aliphatic carbocycles. The fourth-order valence-electron chi connectivity index (χ4n) is 5.19. The van der Waals surface area contributed by atoms with Gasteiger partial charge in [-0.05, 0) is 76.8 Å². The highest BCUT2D eigenvalue weighted by Gasteiger charge is 2.32. The first-order chi connectivity index (χ1) is 16.0. The van der Waals surface area contributed by atoms with E-state index in [2.05, 4.69) is 52.0 Å². The van der Waals surface area contributed by atoms with Crippen LogP contribution >= 0.6 is 0 Å². The number of carboxylic acid groups (broad SMARTS) is 1. The molecule has 0 radical (unpaired) electrons. The maximum Gasteiger partial charge on any atom is 0.307 e. The third kappa shape index (κ3) is 4.25. The Morgan fingerprint density at radius 2 is 1.47 bits per heavy atom. The lowest BCUT2D eigenvalue weighted by Gasteiger charge is -2.25. The molecular formula is C30H33NO3. The van der Waals surface area contributed by atoms with Gasteiger partial charge in [0.2, 0.25) is 0 Å². The lowest BCUT2D eigenvalue weighted by molar-refractivity contribution is -0.136. The van der Waals surface area contributed by atoms with Crippen LogP contribution in [0.1, 0.15) is 70.1 Å². The Morgan fingerprint density at radius 3 is 2.06 bits per heavy atom. The van der Waals surface area contributed by atoms with E-state index in [4.69, 9.17) is 0 Å². The molecule has 0 saturated carbocycles. The number of carboxylic acids is 1. The number of aliphatic carboxylic acids is 1. The number of aryl methyl sites for hydroxylation is 1. The quantitative estimate of drug-likeness (QED) is 0.498. The van der Waals surface area contributed by atoms with Gasteiger partial charge in [0.25, 0.3) is 5.91 Å². The van der Waals surface area contributed by atoms with Crippen LogP contribution in [-0.4, -0.2) is 21.9 Å². The normalized spacial score (nSPS) is 13.2. The van der Waals surface area contributed by atoms with Crippen molar-refractivity contribution in [2.75, 3.05) is 0 Å². The molecule has 0 saturated heterocycles. The minimum Gasteiger partial charge on any atom is -0.481 e. The molecule has 1 aliphatic rings. The summed E-state index contributed by atoms with van der Waals surface area (Å²) in [5.74, 6) is -0.821. The van der Waals surface area contributed by atoms with Crippen molar-refractivity contribution < 1.29 is 14.7 Å². The summed E-state index contributed by atoms with van der Waals surface area (Å²) in [6.45, 7) is 13.5. The van der Waals surface area contributed by atoms with Gasteiger partial charge in [-0.1, -0.05) is 68.8 Å². The second kappa shape index (κ2) is 8.75. The zero-order chi connectivity index (χ0) is 24.8. The van der Waals surface area contributed by atoms with Crippen LogP contribution in [0.15, 0.2) is 48.5 Å². The number of rotatable bonds is 4. The molecule has 34 heavy (non-hydrogen) atoms. The van der Waals surface area contributed by atoms with Gasteiger partial charge in [0.1, 0.15) is 0 Å². The van der Waals surface area contributed by atoms with Crippen LogP contribution in [0.2, 0.25) is 0 Å². The summed E-state index contributed by atoms with van der Waals surface area (Å²) in [7, 11) is 0. The number of carbonyl (C=O) groups is 2. The number of hydrogen-bond acceptors (Lipinski definition) is 2. The summed E-state index contributed by atoms with van der Waals surface area (Å²) < 4.78 is 0. The van der Waals surface area contributed by atoms with Crippen molar-refractivity contribution in [2.24, 2.45) is 0 Å². The zero-order valence-corrected chi connectivity index (χ0v) is 21.0. The predicted molar refractivity (Wildman–Crippen MR) is 136 cm³/mol. The summed E-state index contributed by atoms with van der Waals surface area (Å²) in [6.07, 6.45) is -0.0377. The lowest BCUT2D eigenvalue weighted by Crippen LogP contribution is -2.28. The van der Waals surface area contributed by atoms with Gasteiger partial charge in [-0.3, -0.25) is 9.59 Å². The van der Waals surface area contributed by atoms with Crippen molar-refractivity contribution in [2.45, 2.75) is 66.5 Å². The monoisotopic (exact) mass is 455 g/mol. The molecule has 4 heteroatoms. The van der Waals surface area contributed by atoms with Crippen molar-refractivity contribution in [1.82, 2.24) is 4.90 Å². The highest BCUT2D eigenvalue weighted by molar-refractivity contribution is 5.96. The Hall–Kier alpha value is -3.40. The summed E-state index contributed by atoms with van der Waals surface area (Å²) >= 11 is 0. The van der Waals surface area contributed by atoms with Crippen molar-refractivity contribution in [3.63, 3.8) is 0 Å². The first-order valence-electron chi connectivity index (χ1n) is 11.8. The van der Waals surface area contributed by atoms with E-state index in [9.17, 15) is 14.7 Å². The molecule has 4 rings (SSSR count). The number of amides is 1. The second-order valence-electron chi connectivity index (χ2n) is 10.5. The smallest absolute Gasteiger partial charge is 0.307 e. The zero-order valence-electron chi connectivity index (χ0n) is 21.0.